The van der Waals surface area contributed by atoms with Gasteiger partial charge in [-0.05, 0) is 36.4 Å². The van der Waals surface area contributed by atoms with Crippen LogP contribution in [-0.4, -0.2) is 16.1 Å². The zero-order valence-corrected chi connectivity index (χ0v) is 10.8. The first-order chi connectivity index (χ1) is 10.1. The van der Waals surface area contributed by atoms with Crippen LogP contribution in [0.1, 0.15) is 10.4 Å². The van der Waals surface area contributed by atoms with E-state index in [1.165, 1.54) is 6.07 Å². The molecule has 5 heteroatoms. The van der Waals surface area contributed by atoms with Crippen molar-refractivity contribution in [2.24, 2.45) is 0 Å². The van der Waals surface area contributed by atoms with Gasteiger partial charge in [0.25, 0.3) is 0 Å². The lowest BCUT2D eigenvalue weighted by molar-refractivity contribution is 0.0693. The van der Waals surface area contributed by atoms with Crippen molar-refractivity contribution in [3.8, 4) is 11.5 Å². The highest BCUT2D eigenvalue weighted by molar-refractivity contribution is 5.91. The van der Waals surface area contributed by atoms with Gasteiger partial charge in [-0.25, -0.2) is 9.18 Å². The summed E-state index contributed by atoms with van der Waals surface area (Å²) in [5.41, 5.74) is 0.505. The summed E-state index contributed by atoms with van der Waals surface area (Å²) in [5, 5.41) is 10.0. The molecule has 0 saturated carbocycles. The van der Waals surface area contributed by atoms with Crippen LogP contribution in [0, 0.1) is 5.82 Å². The predicted octanol–water partition coefficient (Wildman–Crippen LogP) is 3.86. The van der Waals surface area contributed by atoms with Crippen LogP contribution in [0.4, 0.5) is 4.39 Å². The summed E-state index contributed by atoms with van der Waals surface area (Å²) in [7, 11) is 0. The molecular formula is C16H10FNO3. The molecule has 3 rings (SSSR count). The summed E-state index contributed by atoms with van der Waals surface area (Å²) >= 11 is 0. The number of ether oxygens (including phenoxy) is 1. The molecule has 0 radical (unpaired) electrons. The van der Waals surface area contributed by atoms with E-state index in [4.69, 9.17) is 9.84 Å². The minimum absolute atomic E-state index is 0.0826. The van der Waals surface area contributed by atoms with Crippen LogP contribution in [0.5, 0.6) is 11.5 Å². The molecule has 3 aromatic rings. The second kappa shape index (κ2) is 5.20. The quantitative estimate of drug-likeness (QED) is 0.792. The first kappa shape index (κ1) is 13.1. The van der Waals surface area contributed by atoms with Crippen LogP contribution in [0.15, 0.2) is 54.7 Å². The molecule has 0 fully saturated rings. The van der Waals surface area contributed by atoms with E-state index < -0.39 is 11.8 Å². The van der Waals surface area contributed by atoms with Gasteiger partial charge in [-0.2, -0.15) is 0 Å². The van der Waals surface area contributed by atoms with Crippen LogP contribution in [-0.2, 0) is 0 Å². The number of carboxylic acid groups (broad SMARTS) is 1. The zero-order valence-electron chi connectivity index (χ0n) is 10.8. The second-order valence-corrected chi connectivity index (χ2v) is 4.41. The van der Waals surface area contributed by atoms with E-state index in [9.17, 15) is 9.18 Å². The third-order valence-electron chi connectivity index (χ3n) is 2.98. The molecular weight excluding hydrogens is 273 g/mol. The molecule has 104 valence electrons. The number of carbonyl (C=O) groups is 1. The van der Waals surface area contributed by atoms with E-state index in [0.717, 1.165) is 23.0 Å². The van der Waals surface area contributed by atoms with Gasteiger partial charge in [-0.1, -0.05) is 6.07 Å². The Hall–Kier alpha value is -2.95. The fourth-order valence-corrected chi connectivity index (χ4v) is 2.00. The van der Waals surface area contributed by atoms with E-state index in [1.54, 1.807) is 18.3 Å². The molecule has 0 aliphatic rings. The van der Waals surface area contributed by atoms with Crippen LogP contribution in [0.3, 0.4) is 0 Å². The molecule has 1 N–H and O–H groups in total. The second-order valence-electron chi connectivity index (χ2n) is 4.41. The van der Waals surface area contributed by atoms with Gasteiger partial charge in [0, 0.05) is 17.6 Å². The van der Waals surface area contributed by atoms with Gasteiger partial charge in [-0.15, -0.1) is 0 Å². The Labute approximate surface area is 119 Å². The number of halogens is 1. The third kappa shape index (κ3) is 2.67. The van der Waals surface area contributed by atoms with E-state index >= 15 is 0 Å². The van der Waals surface area contributed by atoms with Crippen molar-refractivity contribution in [2.45, 2.75) is 0 Å². The maximum atomic E-state index is 13.1. The van der Waals surface area contributed by atoms with Crippen molar-refractivity contribution < 1.29 is 19.0 Å². The smallest absolute Gasteiger partial charge is 0.339 e. The molecule has 0 saturated heterocycles. The normalized spacial score (nSPS) is 10.5. The molecule has 21 heavy (non-hydrogen) atoms. The summed E-state index contributed by atoms with van der Waals surface area (Å²) < 4.78 is 18.7. The SMILES string of the molecule is O=C(O)c1cc(F)ccc1Oc1ccc2cccnc2c1. The number of hydrogen-bond acceptors (Lipinski definition) is 3. The number of nitrogens with zero attached hydrogens (tertiary/aromatic N) is 1. The number of aromatic carboxylic acids is 1. The Kier molecular flexibility index (Phi) is 3.23. The number of rotatable bonds is 3. The maximum absolute atomic E-state index is 13.1. The first-order valence-electron chi connectivity index (χ1n) is 6.19. The van der Waals surface area contributed by atoms with E-state index in [1.807, 2.05) is 18.2 Å². The molecule has 2 aromatic carbocycles. The third-order valence-corrected chi connectivity index (χ3v) is 2.98. The van der Waals surface area contributed by atoms with Crippen LogP contribution in [0.2, 0.25) is 0 Å². The highest BCUT2D eigenvalue weighted by Gasteiger charge is 2.13. The molecule has 1 heterocycles. The number of carboxylic acids is 1. The molecule has 0 bridgehead atoms. The molecule has 0 amide bonds. The van der Waals surface area contributed by atoms with Crippen LogP contribution >= 0.6 is 0 Å². The Morgan fingerprint density at radius 3 is 2.81 bits per heavy atom. The summed E-state index contributed by atoms with van der Waals surface area (Å²) in [6.07, 6.45) is 1.66. The minimum atomic E-state index is -1.25. The lowest BCUT2D eigenvalue weighted by Crippen LogP contribution is -2.00. The number of hydrogen-bond donors (Lipinski definition) is 1. The topological polar surface area (TPSA) is 59.4 Å². The predicted molar refractivity (Wildman–Crippen MR) is 75.2 cm³/mol. The van der Waals surface area contributed by atoms with Crippen molar-refractivity contribution in [2.75, 3.05) is 0 Å². The van der Waals surface area contributed by atoms with Gasteiger partial charge in [0.05, 0.1) is 5.52 Å². The Morgan fingerprint density at radius 2 is 2.00 bits per heavy atom. The van der Waals surface area contributed by atoms with Gasteiger partial charge in [0.1, 0.15) is 22.9 Å². The van der Waals surface area contributed by atoms with Crippen LogP contribution < -0.4 is 4.74 Å². The van der Waals surface area contributed by atoms with E-state index in [-0.39, 0.29) is 11.3 Å². The molecule has 0 atom stereocenters. The van der Waals surface area contributed by atoms with Crippen LogP contribution in [0.25, 0.3) is 10.9 Å². The van der Waals surface area contributed by atoms with Gasteiger partial charge in [0.2, 0.25) is 0 Å². The van der Waals surface area contributed by atoms with Crippen molar-refractivity contribution in [3.05, 3.63) is 66.1 Å². The molecule has 0 unspecified atom stereocenters. The summed E-state index contributed by atoms with van der Waals surface area (Å²) in [4.78, 5) is 15.3. The van der Waals surface area contributed by atoms with Gasteiger partial charge in [-0.3, -0.25) is 4.98 Å². The largest absolute Gasteiger partial charge is 0.478 e. The number of aromatic nitrogens is 1. The monoisotopic (exact) mass is 283 g/mol. The molecule has 0 aliphatic carbocycles. The van der Waals surface area contributed by atoms with Gasteiger partial charge >= 0.3 is 5.97 Å². The maximum Gasteiger partial charge on any atom is 0.339 e. The number of pyridine rings is 1. The molecule has 0 aliphatic heterocycles. The minimum Gasteiger partial charge on any atom is -0.478 e. The van der Waals surface area contributed by atoms with E-state index in [2.05, 4.69) is 4.98 Å². The molecule has 0 spiro atoms. The standard InChI is InChI=1S/C16H10FNO3/c17-11-4-6-15(13(8-11)16(19)20)21-12-5-3-10-2-1-7-18-14(10)9-12/h1-9H,(H,19,20). The van der Waals surface area contributed by atoms with Crippen molar-refractivity contribution in [3.63, 3.8) is 0 Å². The summed E-state index contributed by atoms with van der Waals surface area (Å²) in [5.74, 6) is -1.35. The molecule has 4 nitrogen and oxygen atoms in total. The van der Waals surface area contributed by atoms with Crippen molar-refractivity contribution in [1.29, 1.82) is 0 Å². The lowest BCUT2D eigenvalue weighted by atomic mass is 10.2. The summed E-state index contributed by atoms with van der Waals surface area (Å²) in [6.45, 7) is 0. The fraction of sp³-hybridized carbons (Fsp3) is 0. The highest BCUT2D eigenvalue weighted by Crippen LogP contribution is 2.28. The molecule has 1 aromatic heterocycles. The zero-order chi connectivity index (χ0) is 14.8. The number of benzene rings is 2. The Bertz CT molecular complexity index is 833. The average molecular weight is 283 g/mol. The first-order valence-corrected chi connectivity index (χ1v) is 6.19. The van der Waals surface area contributed by atoms with Gasteiger partial charge in [0.15, 0.2) is 0 Å². The van der Waals surface area contributed by atoms with Crippen molar-refractivity contribution in [1.82, 2.24) is 4.98 Å². The fourth-order valence-electron chi connectivity index (χ4n) is 2.00. The average Bonchev–Trinajstić information content (AvgIpc) is 2.49. The Balaban J connectivity index is 2.00. The summed E-state index contributed by atoms with van der Waals surface area (Å²) in [6, 6.07) is 12.3. The number of fused-ring (bicyclic) bond motifs is 1. The lowest BCUT2D eigenvalue weighted by Gasteiger charge is -2.09. The van der Waals surface area contributed by atoms with E-state index in [0.29, 0.717) is 5.75 Å². The van der Waals surface area contributed by atoms with Crippen molar-refractivity contribution >= 4 is 16.9 Å². The Morgan fingerprint density at radius 1 is 1.14 bits per heavy atom. The highest BCUT2D eigenvalue weighted by atomic mass is 19.1. The van der Waals surface area contributed by atoms with Gasteiger partial charge < -0.3 is 9.84 Å².